The summed E-state index contributed by atoms with van der Waals surface area (Å²) in [5.74, 6) is 0.267. The molecule has 0 aliphatic heterocycles. The summed E-state index contributed by atoms with van der Waals surface area (Å²) in [4.78, 5) is 0. The van der Waals surface area contributed by atoms with Crippen molar-refractivity contribution in [3.8, 4) is 16.9 Å². The van der Waals surface area contributed by atoms with E-state index in [1.54, 1.807) is 12.1 Å². The van der Waals surface area contributed by atoms with Crippen molar-refractivity contribution in [2.45, 2.75) is 0 Å². The lowest BCUT2D eigenvalue weighted by Gasteiger charge is -2.07. The molecule has 3 rings (SSSR count). The third-order valence-corrected chi connectivity index (χ3v) is 2.89. The molecule has 1 heteroatoms. The number of phenolic OH excluding ortho intramolecular Hbond substituents is 1. The summed E-state index contributed by atoms with van der Waals surface area (Å²) in [5.41, 5.74) is 1.77. The Bertz CT molecular complexity index is 666. The van der Waals surface area contributed by atoms with Crippen LogP contribution >= 0.6 is 0 Å². The minimum absolute atomic E-state index is 0.267. The molecule has 3 aromatic rings. The van der Waals surface area contributed by atoms with E-state index in [2.05, 4.69) is 24.3 Å². The molecule has 0 atom stereocenters. The first kappa shape index (κ1) is 9.91. The lowest BCUT2D eigenvalue weighted by Crippen LogP contribution is -1.82. The predicted octanol–water partition coefficient (Wildman–Crippen LogP) is 4.01. The van der Waals surface area contributed by atoms with Crippen LogP contribution in [0.5, 0.6) is 5.75 Å². The van der Waals surface area contributed by atoms with Gasteiger partial charge in [-0.15, -0.1) is 0 Å². The number of fused-ring (bicyclic) bond motifs is 1. The summed E-state index contributed by atoms with van der Waals surface area (Å²) in [6, 6.07) is 22.6. The minimum atomic E-state index is 0.267. The van der Waals surface area contributed by atoms with Crippen LogP contribution in [0.15, 0.2) is 60.7 Å². The van der Waals surface area contributed by atoms with Gasteiger partial charge in [0, 0.05) is 5.56 Å². The van der Waals surface area contributed by atoms with Crippen molar-refractivity contribution in [1.29, 1.82) is 0 Å². The molecule has 3 aromatic carbocycles. The monoisotopic (exact) mass is 219 g/mol. The maximum atomic E-state index is 9.89. The van der Waals surface area contributed by atoms with Gasteiger partial charge in [0.05, 0.1) is 0 Å². The zero-order valence-corrected chi connectivity index (χ0v) is 9.22. The van der Waals surface area contributed by atoms with E-state index >= 15 is 0 Å². The fraction of sp³-hybridized carbons (Fsp3) is 0. The number of rotatable bonds is 1. The van der Waals surface area contributed by atoms with E-state index in [1.165, 1.54) is 5.39 Å². The lowest BCUT2D eigenvalue weighted by atomic mass is 9.98. The predicted molar refractivity (Wildman–Crippen MR) is 69.9 cm³/mol. The fourth-order valence-corrected chi connectivity index (χ4v) is 2.09. The number of benzene rings is 3. The molecule has 0 aromatic heterocycles. The summed E-state index contributed by atoms with van der Waals surface area (Å²) < 4.78 is 0. The van der Waals surface area contributed by atoms with E-state index in [0.717, 1.165) is 16.5 Å². The second kappa shape index (κ2) is 3.95. The molecule has 0 fully saturated rings. The molecular formula is C16H11O. The van der Waals surface area contributed by atoms with E-state index < -0.39 is 0 Å². The van der Waals surface area contributed by atoms with Crippen molar-refractivity contribution < 1.29 is 5.11 Å². The first-order valence-electron chi connectivity index (χ1n) is 5.54. The van der Waals surface area contributed by atoms with Gasteiger partial charge in [-0.25, -0.2) is 0 Å². The van der Waals surface area contributed by atoms with Gasteiger partial charge in [-0.2, -0.15) is 0 Å². The third-order valence-electron chi connectivity index (χ3n) is 2.89. The molecule has 0 heterocycles. The third kappa shape index (κ3) is 1.66. The van der Waals surface area contributed by atoms with Crippen LogP contribution in [0.3, 0.4) is 0 Å². The van der Waals surface area contributed by atoms with Gasteiger partial charge in [0.1, 0.15) is 5.75 Å². The van der Waals surface area contributed by atoms with Crippen LogP contribution in [0, 0.1) is 6.07 Å². The van der Waals surface area contributed by atoms with Gasteiger partial charge in [-0.1, -0.05) is 54.6 Å². The van der Waals surface area contributed by atoms with Crippen LogP contribution in [0.2, 0.25) is 0 Å². The molecule has 0 spiro atoms. The zero-order chi connectivity index (χ0) is 11.7. The zero-order valence-electron chi connectivity index (χ0n) is 9.22. The molecule has 0 saturated heterocycles. The highest BCUT2D eigenvalue weighted by Gasteiger charge is 2.06. The smallest absolute Gasteiger partial charge is 0.124 e. The Morgan fingerprint density at radius 3 is 2.53 bits per heavy atom. The molecule has 0 saturated carbocycles. The van der Waals surface area contributed by atoms with E-state index in [1.807, 2.05) is 30.3 Å². The maximum Gasteiger partial charge on any atom is 0.124 e. The van der Waals surface area contributed by atoms with E-state index in [0.29, 0.717) is 0 Å². The van der Waals surface area contributed by atoms with Gasteiger partial charge in [-0.3, -0.25) is 0 Å². The van der Waals surface area contributed by atoms with Gasteiger partial charge in [-0.05, 0) is 28.5 Å². The number of hydrogen-bond donors (Lipinski definition) is 1. The lowest BCUT2D eigenvalue weighted by molar-refractivity contribution is 0.477. The van der Waals surface area contributed by atoms with Crippen molar-refractivity contribution in [2.75, 3.05) is 0 Å². The Balaban J connectivity index is 2.35. The Kier molecular flexibility index (Phi) is 2.30. The average Bonchev–Trinajstić information content (AvgIpc) is 2.39. The molecule has 1 nitrogen and oxygen atoms in total. The molecule has 0 amide bonds. The molecule has 1 N–H and O–H groups in total. The summed E-state index contributed by atoms with van der Waals surface area (Å²) >= 11 is 0. The summed E-state index contributed by atoms with van der Waals surface area (Å²) in [7, 11) is 0. The molecule has 81 valence electrons. The Hall–Kier alpha value is -2.28. The highest BCUT2D eigenvalue weighted by Crippen LogP contribution is 2.33. The first-order chi connectivity index (χ1) is 8.36. The Morgan fingerprint density at radius 2 is 1.65 bits per heavy atom. The SMILES string of the molecule is Oc1ccc[c]c1-c1cccc2ccccc12. The molecule has 0 aliphatic carbocycles. The van der Waals surface area contributed by atoms with Crippen LogP contribution < -0.4 is 0 Å². The van der Waals surface area contributed by atoms with Crippen molar-refractivity contribution >= 4 is 10.8 Å². The second-order valence-corrected chi connectivity index (χ2v) is 3.96. The van der Waals surface area contributed by atoms with E-state index in [4.69, 9.17) is 0 Å². The van der Waals surface area contributed by atoms with Gasteiger partial charge < -0.3 is 5.11 Å². The number of aromatic hydroxyl groups is 1. The topological polar surface area (TPSA) is 20.2 Å². The summed E-state index contributed by atoms with van der Waals surface area (Å²) in [6.07, 6.45) is 0. The second-order valence-electron chi connectivity index (χ2n) is 3.96. The van der Waals surface area contributed by atoms with Crippen LogP contribution in [-0.2, 0) is 0 Å². The molecule has 1 radical (unpaired) electrons. The first-order valence-corrected chi connectivity index (χ1v) is 5.54. The van der Waals surface area contributed by atoms with E-state index in [-0.39, 0.29) is 5.75 Å². The van der Waals surface area contributed by atoms with E-state index in [9.17, 15) is 5.11 Å². The number of phenols is 1. The van der Waals surface area contributed by atoms with Crippen molar-refractivity contribution in [1.82, 2.24) is 0 Å². The van der Waals surface area contributed by atoms with Gasteiger partial charge >= 0.3 is 0 Å². The van der Waals surface area contributed by atoms with Gasteiger partial charge in [0.25, 0.3) is 0 Å². The largest absolute Gasteiger partial charge is 0.507 e. The molecule has 17 heavy (non-hydrogen) atoms. The molecule has 0 aliphatic rings. The number of hydrogen-bond acceptors (Lipinski definition) is 1. The van der Waals surface area contributed by atoms with Crippen LogP contribution in [0.1, 0.15) is 0 Å². The van der Waals surface area contributed by atoms with Gasteiger partial charge in [0.2, 0.25) is 0 Å². The minimum Gasteiger partial charge on any atom is -0.507 e. The van der Waals surface area contributed by atoms with Gasteiger partial charge in [0.15, 0.2) is 0 Å². The highest BCUT2D eigenvalue weighted by atomic mass is 16.3. The standard InChI is InChI=1S/C16H11O/c17-16-11-4-3-9-15(16)14-10-5-7-12-6-1-2-8-13(12)14/h1-8,10-11,17H. The molecular weight excluding hydrogens is 208 g/mol. The van der Waals surface area contributed by atoms with Crippen LogP contribution in [0.25, 0.3) is 21.9 Å². The average molecular weight is 219 g/mol. The normalized spacial score (nSPS) is 10.6. The Morgan fingerprint density at radius 1 is 0.824 bits per heavy atom. The fourth-order valence-electron chi connectivity index (χ4n) is 2.09. The highest BCUT2D eigenvalue weighted by molar-refractivity contribution is 5.97. The molecule has 0 bridgehead atoms. The van der Waals surface area contributed by atoms with Crippen LogP contribution in [-0.4, -0.2) is 5.11 Å². The van der Waals surface area contributed by atoms with Crippen LogP contribution in [0.4, 0.5) is 0 Å². The Labute approximate surface area is 100.0 Å². The quantitative estimate of drug-likeness (QED) is 0.655. The van der Waals surface area contributed by atoms with Crippen molar-refractivity contribution in [3.63, 3.8) is 0 Å². The van der Waals surface area contributed by atoms with Crippen molar-refractivity contribution in [2.24, 2.45) is 0 Å². The summed E-state index contributed by atoms with van der Waals surface area (Å²) in [5, 5.41) is 12.2. The summed E-state index contributed by atoms with van der Waals surface area (Å²) in [6.45, 7) is 0. The molecule has 0 unspecified atom stereocenters. The van der Waals surface area contributed by atoms with Crippen molar-refractivity contribution in [3.05, 3.63) is 66.7 Å². The maximum absolute atomic E-state index is 9.89.